The van der Waals surface area contributed by atoms with E-state index in [1.807, 2.05) is 18.3 Å². The highest BCUT2D eigenvalue weighted by molar-refractivity contribution is 5.81. The molecule has 2 N–H and O–H groups in total. The van der Waals surface area contributed by atoms with E-state index in [0.29, 0.717) is 5.75 Å². The van der Waals surface area contributed by atoms with Crippen molar-refractivity contribution in [2.24, 2.45) is 0 Å². The Kier molecular flexibility index (Phi) is 6.02. The minimum absolute atomic E-state index is 0.202. The number of hydrogen-bond donors (Lipinski definition) is 2. The highest BCUT2D eigenvalue weighted by Gasteiger charge is 2.28. The zero-order valence-electron chi connectivity index (χ0n) is 12.1. The van der Waals surface area contributed by atoms with Gasteiger partial charge < -0.3 is 10.1 Å². The summed E-state index contributed by atoms with van der Waals surface area (Å²) in [6.45, 7) is 2.01. The number of amides is 1. The number of carbonyl (C=O) groups excluding carboxylic acids is 1. The summed E-state index contributed by atoms with van der Waals surface area (Å²) in [5.74, 6) is -0.0163. The molecule has 7 heteroatoms. The van der Waals surface area contributed by atoms with Crippen molar-refractivity contribution in [1.82, 2.24) is 10.6 Å². The third kappa shape index (κ3) is 6.03. The third-order valence-electron chi connectivity index (χ3n) is 2.95. The molecule has 0 saturated heterocycles. The molecule has 0 bridgehead atoms. The molecule has 1 aromatic carbocycles. The molecule has 1 amide bonds. The van der Waals surface area contributed by atoms with Gasteiger partial charge >= 0.3 is 6.18 Å². The van der Waals surface area contributed by atoms with Crippen molar-refractivity contribution in [3.63, 3.8) is 0 Å². The van der Waals surface area contributed by atoms with E-state index in [-0.39, 0.29) is 6.04 Å². The second-order valence-electron chi connectivity index (χ2n) is 4.72. The standard InChI is InChI=1S/C14H19F3N2O2/c1-9(11-5-4-6-12(7-11)21-3)19-10(2)13(20)18-8-14(15,16)17/h4-7,9-10,19H,8H2,1-3H3,(H,18,20)/t9-,10?/m1/s1. The fraction of sp³-hybridized carbons (Fsp3) is 0.500. The van der Waals surface area contributed by atoms with Crippen LogP contribution in [-0.2, 0) is 4.79 Å². The summed E-state index contributed by atoms with van der Waals surface area (Å²) in [6.07, 6.45) is -4.41. The average molecular weight is 304 g/mol. The van der Waals surface area contributed by atoms with Gasteiger partial charge in [0.05, 0.1) is 13.2 Å². The Hall–Kier alpha value is -1.76. The van der Waals surface area contributed by atoms with Crippen molar-refractivity contribution in [2.45, 2.75) is 32.1 Å². The van der Waals surface area contributed by atoms with Gasteiger partial charge in [0.2, 0.25) is 5.91 Å². The van der Waals surface area contributed by atoms with Gasteiger partial charge in [0.1, 0.15) is 12.3 Å². The minimum Gasteiger partial charge on any atom is -0.497 e. The number of carbonyl (C=O) groups is 1. The highest BCUT2D eigenvalue weighted by Crippen LogP contribution is 2.19. The Morgan fingerprint density at radius 3 is 2.57 bits per heavy atom. The van der Waals surface area contributed by atoms with Crippen LogP contribution in [0.5, 0.6) is 5.75 Å². The molecule has 4 nitrogen and oxygen atoms in total. The maximum atomic E-state index is 12.0. The summed E-state index contributed by atoms with van der Waals surface area (Å²) in [5, 5.41) is 4.80. The predicted molar refractivity (Wildman–Crippen MR) is 73.1 cm³/mol. The van der Waals surface area contributed by atoms with Crippen LogP contribution >= 0.6 is 0 Å². The first-order valence-electron chi connectivity index (χ1n) is 6.47. The van der Waals surface area contributed by atoms with Crippen LogP contribution in [0.3, 0.4) is 0 Å². The van der Waals surface area contributed by atoms with E-state index < -0.39 is 24.7 Å². The molecule has 1 unspecified atom stereocenters. The van der Waals surface area contributed by atoms with E-state index in [2.05, 4.69) is 5.32 Å². The van der Waals surface area contributed by atoms with Crippen LogP contribution in [0.15, 0.2) is 24.3 Å². The van der Waals surface area contributed by atoms with Crippen LogP contribution in [0, 0.1) is 0 Å². The van der Waals surface area contributed by atoms with E-state index >= 15 is 0 Å². The van der Waals surface area contributed by atoms with Crippen molar-refractivity contribution >= 4 is 5.91 Å². The van der Waals surface area contributed by atoms with E-state index in [1.165, 1.54) is 6.92 Å². The molecule has 0 aliphatic carbocycles. The van der Waals surface area contributed by atoms with Gasteiger partial charge in [-0.15, -0.1) is 0 Å². The summed E-state index contributed by atoms with van der Waals surface area (Å²) >= 11 is 0. The van der Waals surface area contributed by atoms with Crippen molar-refractivity contribution < 1.29 is 22.7 Å². The smallest absolute Gasteiger partial charge is 0.405 e. The molecule has 0 heterocycles. The van der Waals surface area contributed by atoms with Crippen molar-refractivity contribution in [3.05, 3.63) is 29.8 Å². The number of alkyl halides is 3. The van der Waals surface area contributed by atoms with Gasteiger partial charge in [0.25, 0.3) is 0 Å². The minimum atomic E-state index is -4.41. The first-order chi connectivity index (χ1) is 9.73. The number of methoxy groups -OCH3 is 1. The Labute approximate surface area is 121 Å². The fourth-order valence-corrected chi connectivity index (χ4v) is 1.80. The molecule has 1 rings (SSSR count). The van der Waals surface area contributed by atoms with Gasteiger partial charge in [-0.05, 0) is 31.5 Å². The molecular weight excluding hydrogens is 285 g/mol. The average Bonchev–Trinajstić information content (AvgIpc) is 2.43. The molecular formula is C14H19F3N2O2. The third-order valence-corrected chi connectivity index (χ3v) is 2.95. The molecule has 0 radical (unpaired) electrons. The van der Waals surface area contributed by atoms with E-state index in [0.717, 1.165) is 5.56 Å². The number of halogens is 3. The van der Waals surface area contributed by atoms with Crippen molar-refractivity contribution in [1.29, 1.82) is 0 Å². The molecule has 1 aromatic rings. The Morgan fingerprint density at radius 1 is 1.33 bits per heavy atom. The normalized spacial score (nSPS) is 14.4. The number of nitrogens with one attached hydrogen (secondary N) is 2. The van der Waals surface area contributed by atoms with Crippen LogP contribution in [0.4, 0.5) is 13.2 Å². The summed E-state index contributed by atoms with van der Waals surface area (Å²) < 4.78 is 41.2. The van der Waals surface area contributed by atoms with Gasteiger partial charge in [-0.2, -0.15) is 13.2 Å². The topological polar surface area (TPSA) is 50.4 Å². The van der Waals surface area contributed by atoms with Gasteiger partial charge in [0, 0.05) is 6.04 Å². The first kappa shape index (κ1) is 17.3. The zero-order chi connectivity index (χ0) is 16.0. The highest BCUT2D eigenvalue weighted by atomic mass is 19.4. The number of rotatable bonds is 6. The molecule has 0 aliphatic heterocycles. The van der Waals surface area contributed by atoms with Crippen LogP contribution in [0.1, 0.15) is 25.5 Å². The molecule has 2 atom stereocenters. The van der Waals surface area contributed by atoms with Crippen LogP contribution in [-0.4, -0.2) is 31.8 Å². The second kappa shape index (κ2) is 7.31. The van der Waals surface area contributed by atoms with Crippen LogP contribution in [0.25, 0.3) is 0 Å². The molecule has 0 aromatic heterocycles. The molecule has 0 fully saturated rings. The molecule has 21 heavy (non-hydrogen) atoms. The number of hydrogen-bond acceptors (Lipinski definition) is 3. The summed E-state index contributed by atoms with van der Waals surface area (Å²) in [7, 11) is 1.55. The number of benzene rings is 1. The van der Waals surface area contributed by atoms with Crippen LogP contribution in [0.2, 0.25) is 0 Å². The monoisotopic (exact) mass is 304 g/mol. The van der Waals surface area contributed by atoms with Crippen molar-refractivity contribution in [2.75, 3.05) is 13.7 Å². The Bertz CT molecular complexity index is 478. The largest absolute Gasteiger partial charge is 0.497 e. The Morgan fingerprint density at radius 2 is 2.00 bits per heavy atom. The fourth-order valence-electron chi connectivity index (χ4n) is 1.80. The second-order valence-corrected chi connectivity index (χ2v) is 4.72. The molecule has 0 saturated carbocycles. The lowest BCUT2D eigenvalue weighted by Crippen LogP contribution is -2.45. The lowest BCUT2D eigenvalue weighted by molar-refractivity contribution is -0.139. The maximum absolute atomic E-state index is 12.0. The lowest BCUT2D eigenvalue weighted by atomic mass is 10.1. The van der Waals surface area contributed by atoms with E-state index in [9.17, 15) is 18.0 Å². The summed E-state index contributed by atoms with van der Waals surface area (Å²) in [6, 6.07) is 6.30. The lowest BCUT2D eigenvalue weighted by Gasteiger charge is -2.20. The number of ether oxygens (including phenoxy) is 1. The van der Waals surface area contributed by atoms with E-state index in [4.69, 9.17) is 4.74 Å². The SMILES string of the molecule is COc1cccc([C@@H](C)NC(C)C(=O)NCC(F)(F)F)c1. The maximum Gasteiger partial charge on any atom is 0.405 e. The van der Waals surface area contributed by atoms with Gasteiger partial charge in [-0.3, -0.25) is 10.1 Å². The van der Waals surface area contributed by atoms with Gasteiger partial charge in [-0.25, -0.2) is 0 Å². The van der Waals surface area contributed by atoms with Crippen molar-refractivity contribution in [3.8, 4) is 5.75 Å². The molecule has 0 spiro atoms. The molecule has 118 valence electrons. The quantitative estimate of drug-likeness (QED) is 0.848. The summed E-state index contributed by atoms with van der Waals surface area (Å²) in [5.41, 5.74) is 0.879. The van der Waals surface area contributed by atoms with Gasteiger partial charge in [-0.1, -0.05) is 12.1 Å². The molecule has 0 aliphatic rings. The van der Waals surface area contributed by atoms with Crippen LogP contribution < -0.4 is 15.4 Å². The predicted octanol–water partition coefficient (Wildman–Crippen LogP) is 2.41. The zero-order valence-corrected chi connectivity index (χ0v) is 12.1. The Balaban J connectivity index is 2.56. The summed E-state index contributed by atoms with van der Waals surface area (Å²) in [4.78, 5) is 11.6. The first-order valence-corrected chi connectivity index (χ1v) is 6.47. The van der Waals surface area contributed by atoms with Gasteiger partial charge in [0.15, 0.2) is 0 Å². The van der Waals surface area contributed by atoms with E-state index in [1.54, 1.807) is 25.3 Å².